The normalized spacial score (nSPS) is 19.0. The summed E-state index contributed by atoms with van der Waals surface area (Å²) in [5, 5.41) is 8.01. The van der Waals surface area contributed by atoms with Gasteiger partial charge in [-0.1, -0.05) is 38.2 Å². The summed E-state index contributed by atoms with van der Waals surface area (Å²) in [6.07, 6.45) is 6.25. The Morgan fingerprint density at radius 2 is 1.79 bits per heavy atom. The van der Waals surface area contributed by atoms with Crippen molar-refractivity contribution in [2.75, 3.05) is 18.9 Å². The Kier molecular flexibility index (Phi) is 5.96. The van der Waals surface area contributed by atoms with Gasteiger partial charge in [0.15, 0.2) is 0 Å². The third-order valence-corrected chi connectivity index (χ3v) is 5.39. The lowest BCUT2D eigenvalue weighted by Crippen LogP contribution is -2.47. The predicted molar refractivity (Wildman–Crippen MR) is 104 cm³/mol. The number of nitrogens with zero attached hydrogens (tertiary/aromatic N) is 1. The van der Waals surface area contributed by atoms with Gasteiger partial charge < -0.3 is 16.0 Å². The maximum absolute atomic E-state index is 12.9. The molecule has 0 atom stereocenters. The zero-order valence-electron chi connectivity index (χ0n) is 16.0. The van der Waals surface area contributed by atoms with Crippen LogP contribution in [0.2, 0.25) is 0 Å². The molecule has 3 rings (SSSR count). The van der Waals surface area contributed by atoms with Crippen LogP contribution in [-0.2, 0) is 9.59 Å². The van der Waals surface area contributed by atoms with Crippen molar-refractivity contribution >= 4 is 29.4 Å². The van der Waals surface area contributed by atoms with E-state index in [1.54, 1.807) is 24.3 Å². The van der Waals surface area contributed by atoms with E-state index in [0.717, 1.165) is 37.0 Å². The second kappa shape index (κ2) is 8.41. The van der Waals surface area contributed by atoms with Crippen molar-refractivity contribution in [3.05, 3.63) is 29.8 Å². The van der Waals surface area contributed by atoms with Crippen LogP contribution in [0.4, 0.5) is 10.5 Å². The number of imide groups is 1. The average molecular weight is 386 g/mol. The number of nitrogens with one attached hydrogen (secondary N) is 3. The van der Waals surface area contributed by atoms with Crippen molar-refractivity contribution in [2.24, 2.45) is 0 Å². The van der Waals surface area contributed by atoms with E-state index in [1.165, 1.54) is 7.05 Å². The van der Waals surface area contributed by atoms with E-state index in [2.05, 4.69) is 16.0 Å². The summed E-state index contributed by atoms with van der Waals surface area (Å²) in [5.74, 6) is -1.06. The Hall–Kier alpha value is -2.90. The van der Waals surface area contributed by atoms with Gasteiger partial charge >= 0.3 is 6.03 Å². The summed E-state index contributed by atoms with van der Waals surface area (Å²) < 4.78 is 0. The number of rotatable bonds is 4. The summed E-state index contributed by atoms with van der Waals surface area (Å²) in [4.78, 5) is 50.5. The zero-order valence-corrected chi connectivity index (χ0v) is 16.0. The summed E-state index contributed by atoms with van der Waals surface area (Å²) in [6.45, 7) is -0.351. The second-order valence-corrected chi connectivity index (χ2v) is 7.38. The molecule has 1 aliphatic heterocycles. The molecule has 1 aliphatic carbocycles. The van der Waals surface area contributed by atoms with Crippen LogP contribution >= 0.6 is 0 Å². The minimum absolute atomic E-state index is 0.267. The molecule has 1 saturated heterocycles. The lowest BCUT2D eigenvalue weighted by molar-refractivity contribution is -0.134. The number of hydrogen-bond acceptors (Lipinski definition) is 4. The van der Waals surface area contributed by atoms with Crippen LogP contribution in [-0.4, -0.2) is 47.8 Å². The number of anilines is 1. The maximum Gasteiger partial charge on any atom is 0.325 e. The Bertz CT molecular complexity index is 784. The lowest BCUT2D eigenvalue weighted by Gasteiger charge is -2.28. The molecule has 0 radical (unpaired) electrons. The molecule has 5 amide bonds. The van der Waals surface area contributed by atoms with Gasteiger partial charge in [-0.15, -0.1) is 0 Å². The number of amides is 5. The van der Waals surface area contributed by atoms with E-state index in [-0.39, 0.29) is 18.4 Å². The van der Waals surface area contributed by atoms with E-state index in [1.807, 2.05) is 0 Å². The Morgan fingerprint density at radius 1 is 1.11 bits per heavy atom. The van der Waals surface area contributed by atoms with Crippen LogP contribution in [0.15, 0.2) is 24.3 Å². The minimum Gasteiger partial charge on any atom is -0.355 e. The van der Waals surface area contributed by atoms with Gasteiger partial charge in [0.2, 0.25) is 5.91 Å². The monoisotopic (exact) mass is 386 g/mol. The molecule has 2 aliphatic rings. The molecule has 1 heterocycles. The number of benzene rings is 1. The second-order valence-electron chi connectivity index (χ2n) is 7.38. The average Bonchev–Trinajstić information content (AvgIpc) is 2.89. The molecule has 8 nitrogen and oxygen atoms in total. The van der Waals surface area contributed by atoms with Gasteiger partial charge in [0, 0.05) is 18.3 Å². The molecule has 28 heavy (non-hydrogen) atoms. The van der Waals surface area contributed by atoms with Crippen LogP contribution < -0.4 is 16.0 Å². The molecular weight excluding hydrogens is 360 g/mol. The molecule has 150 valence electrons. The highest BCUT2D eigenvalue weighted by molar-refractivity contribution is 6.10. The van der Waals surface area contributed by atoms with E-state index >= 15 is 0 Å². The van der Waals surface area contributed by atoms with Crippen molar-refractivity contribution in [1.82, 2.24) is 15.5 Å². The molecule has 3 N–H and O–H groups in total. The summed E-state index contributed by atoms with van der Waals surface area (Å²) in [5.41, 5.74) is -0.0284. The quantitative estimate of drug-likeness (QED) is 0.688. The minimum atomic E-state index is -0.864. The maximum atomic E-state index is 12.9. The molecule has 1 aromatic rings. The van der Waals surface area contributed by atoms with Crippen LogP contribution in [0.25, 0.3) is 0 Å². The fraction of sp³-hybridized carbons (Fsp3) is 0.500. The van der Waals surface area contributed by atoms with E-state index in [0.29, 0.717) is 24.1 Å². The first-order valence-electron chi connectivity index (χ1n) is 9.71. The zero-order chi connectivity index (χ0) is 20.1. The Balaban J connectivity index is 1.66. The summed E-state index contributed by atoms with van der Waals surface area (Å²) >= 11 is 0. The molecule has 0 unspecified atom stereocenters. The smallest absolute Gasteiger partial charge is 0.325 e. The Morgan fingerprint density at radius 3 is 2.46 bits per heavy atom. The topological polar surface area (TPSA) is 108 Å². The van der Waals surface area contributed by atoms with Gasteiger partial charge in [-0.05, 0) is 31.0 Å². The number of urea groups is 1. The van der Waals surface area contributed by atoms with E-state index in [9.17, 15) is 19.2 Å². The van der Waals surface area contributed by atoms with Gasteiger partial charge in [0.05, 0.1) is 0 Å². The van der Waals surface area contributed by atoms with Crippen molar-refractivity contribution in [3.8, 4) is 0 Å². The summed E-state index contributed by atoms with van der Waals surface area (Å²) in [6, 6.07) is 5.95. The number of carbonyl (C=O) groups excluding carboxylic acids is 4. The first kappa shape index (κ1) is 19.9. The van der Waals surface area contributed by atoms with Gasteiger partial charge in [0.1, 0.15) is 12.1 Å². The van der Waals surface area contributed by atoms with Crippen LogP contribution in [0.3, 0.4) is 0 Å². The van der Waals surface area contributed by atoms with E-state index < -0.39 is 17.5 Å². The molecule has 1 aromatic carbocycles. The third-order valence-electron chi connectivity index (χ3n) is 5.39. The SMILES string of the molecule is CNC(=O)c1cccc(NC(=O)CN2C(=O)NC3(CCCCCCC3)C2=O)c1. The van der Waals surface area contributed by atoms with Crippen LogP contribution in [0.5, 0.6) is 0 Å². The first-order chi connectivity index (χ1) is 13.4. The Labute approximate surface area is 164 Å². The summed E-state index contributed by atoms with van der Waals surface area (Å²) in [7, 11) is 1.52. The predicted octanol–water partition coefficient (Wildman–Crippen LogP) is 2.02. The van der Waals surface area contributed by atoms with Gasteiger partial charge in [-0.25, -0.2) is 4.79 Å². The molecule has 0 aromatic heterocycles. The van der Waals surface area contributed by atoms with Crippen molar-refractivity contribution in [3.63, 3.8) is 0 Å². The van der Waals surface area contributed by atoms with Crippen molar-refractivity contribution < 1.29 is 19.2 Å². The first-order valence-corrected chi connectivity index (χ1v) is 9.71. The largest absolute Gasteiger partial charge is 0.355 e. The van der Waals surface area contributed by atoms with Gasteiger partial charge in [0.25, 0.3) is 11.8 Å². The fourth-order valence-electron chi connectivity index (χ4n) is 3.89. The van der Waals surface area contributed by atoms with Crippen LogP contribution in [0.1, 0.15) is 55.3 Å². The van der Waals surface area contributed by atoms with Crippen molar-refractivity contribution in [1.29, 1.82) is 0 Å². The fourth-order valence-corrected chi connectivity index (χ4v) is 3.89. The molecule has 0 bridgehead atoms. The molecule has 1 spiro atoms. The standard InChI is InChI=1S/C20H26N4O4/c1-21-17(26)14-8-7-9-15(12-14)22-16(25)13-24-18(27)20(23-19(24)28)10-5-3-2-4-6-11-20/h7-9,12H,2-6,10-11,13H2,1H3,(H,21,26)(H,22,25)(H,23,28). The molecule has 2 fully saturated rings. The third kappa shape index (κ3) is 4.16. The molecule has 8 heteroatoms. The van der Waals surface area contributed by atoms with Crippen molar-refractivity contribution in [2.45, 2.75) is 50.5 Å². The highest BCUT2D eigenvalue weighted by Gasteiger charge is 2.50. The van der Waals surface area contributed by atoms with Gasteiger partial charge in [-0.2, -0.15) is 0 Å². The molecular formula is C20H26N4O4. The van der Waals surface area contributed by atoms with E-state index in [4.69, 9.17) is 0 Å². The molecule has 1 saturated carbocycles. The van der Waals surface area contributed by atoms with Crippen LogP contribution in [0, 0.1) is 0 Å². The number of hydrogen-bond donors (Lipinski definition) is 3. The lowest BCUT2D eigenvalue weighted by atomic mass is 9.84. The number of carbonyl (C=O) groups is 4. The highest BCUT2D eigenvalue weighted by atomic mass is 16.2. The highest BCUT2D eigenvalue weighted by Crippen LogP contribution is 2.32. The van der Waals surface area contributed by atoms with Gasteiger partial charge in [-0.3, -0.25) is 19.3 Å².